The van der Waals surface area contributed by atoms with Crippen molar-refractivity contribution in [3.8, 4) is 11.5 Å². The minimum atomic E-state index is -0.380. The summed E-state index contributed by atoms with van der Waals surface area (Å²) in [6.07, 6.45) is 4.91. The van der Waals surface area contributed by atoms with Crippen LogP contribution in [0.5, 0.6) is 11.5 Å². The highest BCUT2D eigenvalue weighted by atomic mass is 16.6. The Bertz CT molecular complexity index is 878. The number of allylic oxidation sites excluding steroid dienone is 2. The van der Waals surface area contributed by atoms with Crippen molar-refractivity contribution in [1.82, 2.24) is 0 Å². The number of fused-ring (bicyclic) bond motifs is 3. The molecule has 1 heterocycles. The number of nitrogens with one attached hydrogen (secondary N) is 1. The summed E-state index contributed by atoms with van der Waals surface area (Å²) < 4.78 is 5.32. The molecule has 0 aromatic heterocycles. The fraction of sp³-hybridized carbons (Fsp3) is 0.263. The lowest BCUT2D eigenvalue weighted by molar-refractivity contribution is -0.385. The Labute approximate surface area is 144 Å². The van der Waals surface area contributed by atoms with E-state index in [0.29, 0.717) is 11.3 Å². The zero-order valence-corrected chi connectivity index (χ0v) is 13.7. The van der Waals surface area contributed by atoms with Crippen molar-refractivity contribution < 1.29 is 14.8 Å². The Hall–Kier alpha value is -3.02. The summed E-state index contributed by atoms with van der Waals surface area (Å²) in [7, 11) is 1.62. The molecule has 1 aliphatic carbocycles. The van der Waals surface area contributed by atoms with Gasteiger partial charge in [0.15, 0.2) is 0 Å². The van der Waals surface area contributed by atoms with E-state index >= 15 is 0 Å². The zero-order valence-electron chi connectivity index (χ0n) is 13.7. The third-order valence-electron chi connectivity index (χ3n) is 5.12. The maximum Gasteiger partial charge on any atom is 0.275 e. The number of phenols is 1. The zero-order chi connectivity index (χ0) is 17.6. The number of rotatable bonds is 3. The Balaban J connectivity index is 1.85. The summed E-state index contributed by atoms with van der Waals surface area (Å²) >= 11 is 0. The summed E-state index contributed by atoms with van der Waals surface area (Å²) in [6.45, 7) is 0. The van der Waals surface area contributed by atoms with Gasteiger partial charge in [0.25, 0.3) is 5.69 Å². The van der Waals surface area contributed by atoms with Crippen molar-refractivity contribution in [2.75, 3.05) is 12.4 Å². The van der Waals surface area contributed by atoms with Crippen molar-refractivity contribution in [3.63, 3.8) is 0 Å². The van der Waals surface area contributed by atoms with Crippen LogP contribution in [-0.4, -0.2) is 17.1 Å². The molecule has 0 spiro atoms. The van der Waals surface area contributed by atoms with Gasteiger partial charge in [-0.05, 0) is 36.1 Å². The van der Waals surface area contributed by atoms with Crippen molar-refractivity contribution in [2.45, 2.75) is 18.4 Å². The van der Waals surface area contributed by atoms with E-state index in [0.717, 1.165) is 17.7 Å². The summed E-state index contributed by atoms with van der Waals surface area (Å²) in [5.74, 6) is 0.850. The molecule has 128 valence electrons. The summed E-state index contributed by atoms with van der Waals surface area (Å²) in [5.41, 5.74) is 2.11. The topological polar surface area (TPSA) is 84.6 Å². The number of benzene rings is 2. The molecule has 2 aromatic carbocycles. The van der Waals surface area contributed by atoms with Crippen LogP contribution in [0.2, 0.25) is 0 Å². The minimum absolute atomic E-state index is 0.0345. The van der Waals surface area contributed by atoms with E-state index < -0.39 is 0 Å². The van der Waals surface area contributed by atoms with Crippen LogP contribution in [0.15, 0.2) is 48.6 Å². The molecule has 4 rings (SSSR count). The van der Waals surface area contributed by atoms with E-state index in [9.17, 15) is 15.2 Å². The van der Waals surface area contributed by atoms with Gasteiger partial charge in [0.05, 0.1) is 29.3 Å². The lowest BCUT2D eigenvalue weighted by Crippen LogP contribution is -2.29. The van der Waals surface area contributed by atoms with Gasteiger partial charge in [0, 0.05) is 12.0 Å². The highest BCUT2D eigenvalue weighted by Crippen LogP contribution is 2.54. The van der Waals surface area contributed by atoms with Gasteiger partial charge in [-0.25, -0.2) is 0 Å². The van der Waals surface area contributed by atoms with Crippen LogP contribution in [0.4, 0.5) is 11.4 Å². The summed E-state index contributed by atoms with van der Waals surface area (Å²) in [6, 6.07) is 10.5. The van der Waals surface area contributed by atoms with E-state index in [1.54, 1.807) is 7.11 Å². The number of hydrogen-bond acceptors (Lipinski definition) is 5. The fourth-order valence-electron chi connectivity index (χ4n) is 4.00. The second kappa shape index (κ2) is 5.81. The highest BCUT2D eigenvalue weighted by Gasteiger charge is 2.42. The number of nitrogens with zero attached hydrogens (tertiary/aromatic N) is 1. The molecule has 0 radical (unpaired) electrons. The van der Waals surface area contributed by atoms with Gasteiger partial charge in [-0.3, -0.25) is 10.1 Å². The Morgan fingerprint density at radius 3 is 2.92 bits per heavy atom. The molecule has 2 N–H and O–H groups in total. The van der Waals surface area contributed by atoms with Crippen LogP contribution in [0.25, 0.3) is 0 Å². The predicted molar refractivity (Wildman–Crippen MR) is 94.1 cm³/mol. The highest BCUT2D eigenvalue weighted by molar-refractivity contribution is 5.73. The second-order valence-corrected chi connectivity index (χ2v) is 6.40. The Morgan fingerprint density at radius 1 is 1.32 bits per heavy atom. The molecule has 1 aliphatic heterocycles. The molecule has 2 aromatic rings. The van der Waals surface area contributed by atoms with Gasteiger partial charge < -0.3 is 15.2 Å². The number of methoxy groups -OCH3 is 1. The quantitative estimate of drug-likeness (QED) is 0.380. The second-order valence-electron chi connectivity index (χ2n) is 6.40. The monoisotopic (exact) mass is 338 g/mol. The first-order valence-electron chi connectivity index (χ1n) is 8.17. The first kappa shape index (κ1) is 15.5. The first-order chi connectivity index (χ1) is 12.1. The lowest BCUT2D eigenvalue weighted by atomic mass is 9.76. The van der Waals surface area contributed by atoms with Gasteiger partial charge in [0.1, 0.15) is 11.5 Å². The van der Waals surface area contributed by atoms with E-state index in [4.69, 9.17) is 4.74 Å². The molecule has 0 bridgehead atoms. The summed E-state index contributed by atoms with van der Waals surface area (Å²) in [5, 5.41) is 25.1. The Kier molecular flexibility index (Phi) is 3.60. The van der Waals surface area contributed by atoms with Crippen molar-refractivity contribution in [3.05, 3.63) is 69.8 Å². The number of aromatic hydroxyl groups is 1. The standard InChI is InChI=1S/C19H18N2O4/c1-25-12-5-2-4-11(10-12)18-14-7-3-6-13(14)17-15(21(23)24)8-9-16(22)19(17)20-18/h2-6,8-10,13-14,18,20,22H,7H2,1H3. The molecular formula is C19H18N2O4. The maximum atomic E-state index is 11.5. The van der Waals surface area contributed by atoms with Gasteiger partial charge in [-0.1, -0.05) is 24.3 Å². The molecule has 3 atom stereocenters. The largest absolute Gasteiger partial charge is 0.506 e. The number of phenolic OH excluding ortho intramolecular Hbond substituents is 1. The molecule has 6 nitrogen and oxygen atoms in total. The van der Waals surface area contributed by atoms with E-state index in [1.807, 2.05) is 30.3 Å². The minimum Gasteiger partial charge on any atom is -0.506 e. The van der Waals surface area contributed by atoms with E-state index in [2.05, 4.69) is 11.4 Å². The molecule has 25 heavy (non-hydrogen) atoms. The number of anilines is 1. The van der Waals surface area contributed by atoms with Gasteiger partial charge in [-0.15, -0.1) is 0 Å². The summed E-state index contributed by atoms with van der Waals surface area (Å²) in [4.78, 5) is 11.1. The van der Waals surface area contributed by atoms with Crippen molar-refractivity contribution >= 4 is 11.4 Å². The third-order valence-corrected chi connectivity index (χ3v) is 5.12. The predicted octanol–water partition coefficient (Wildman–Crippen LogP) is 4.14. The molecule has 0 fully saturated rings. The SMILES string of the molecule is COc1cccc(C2Nc3c(O)ccc([N+](=O)[O-])c3C3C=CCC32)c1. The normalized spacial score (nSPS) is 23.5. The third kappa shape index (κ3) is 2.41. The van der Waals surface area contributed by atoms with Crippen LogP contribution in [0.3, 0.4) is 0 Å². The van der Waals surface area contributed by atoms with Crippen LogP contribution < -0.4 is 10.1 Å². The maximum absolute atomic E-state index is 11.5. The molecule has 2 aliphatic rings. The van der Waals surface area contributed by atoms with Crippen LogP contribution in [0.1, 0.15) is 29.5 Å². The van der Waals surface area contributed by atoms with E-state index in [1.165, 1.54) is 12.1 Å². The van der Waals surface area contributed by atoms with Crippen molar-refractivity contribution in [2.24, 2.45) is 5.92 Å². The fourth-order valence-corrected chi connectivity index (χ4v) is 4.00. The van der Waals surface area contributed by atoms with Crippen molar-refractivity contribution in [1.29, 1.82) is 0 Å². The number of nitro groups is 1. The van der Waals surface area contributed by atoms with E-state index in [-0.39, 0.29) is 34.2 Å². The van der Waals surface area contributed by atoms with Crippen LogP contribution in [-0.2, 0) is 0 Å². The smallest absolute Gasteiger partial charge is 0.275 e. The van der Waals surface area contributed by atoms with Gasteiger partial charge in [0.2, 0.25) is 0 Å². The molecule has 3 unspecified atom stereocenters. The molecular weight excluding hydrogens is 320 g/mol. The number of hydrogen-bond donors (Lipinski definition) is 2. The van der Waals surface area contributed by atoms with Crippen LogP contribution >= 0.6 is 0 Å². The molecule has 6 heteroatoms. The number of nitro benzene ring substituents is 1. The molecule has 0 amide bonds. The van der Waals surface area contributed by atoms with Crippen LogP contribution in [0, 0.1) is 16.0 Å². The molecule has 0 saturated heterocycles. The lowest BCUT2D eigenvalue weighted by Gasteiger charge is -2.37. The van der Waals surface area contributed by atoms with Gasteiger partial charge >= 0.3 is 0 Å². The average molecular weight is 338 g/mol. The average Bonchev–Trinajstić information content (AvgIpc) is 3.11. The first-order valence-corrected chi connectivity index (χ1v) is 8.17. The van der Waals surface area contributed by atoms with Gasteiger partial charge in [-0.2, -0.15) is 0 Å². The molecule has 0 saturated carbocycles. The Morgan fingerprint density at radius 2 is 2.16 bits per heavy atom. The number of ether oxygens (including phenoxy) is 1.